The molecule has 0 aliphatic rings. The van der Waals surface area contributed by atoms with E-state index in [-0.39, 0.29) is 10.8 Å². The lowest BCUT2D eigenvalue weighted by atomic mass is 9.85. The molecule has 21 heavy (non-hydrogen) atoms. The Morgan fingerprint density at radius 3 is 1.38 bits per heavy atom. The Kier molecular flexibility index (Phi) is 4.18. The fraction of sp³-hybridized carbons (Fsp3) is 0.381. The van der Waals surface area contributed by atoms with Gasteiger partial charge in [0.2, 0.25) is 0 Å². The van der Waals surface area contributed by atoms with Gasteiger partial charge in [0.1, 0.15) is 5.41 Å². The molecular weight excluding hydrogens is 252 g/mol. The second-order valence-electron chi connectivity index (χ2n) is 7.70. The van der Waals surface area contributed by atoms with Crippen LogP contribution in [0.4, 0.5) is 0 Å². The van der Waals surface area contributed by atoms with E-state index in [9.17, 15) is 0 Å². The Morgan fingerprint density at radius 1 is 0.667 bits per heavy atom. The van der Waals surface area contributed by atoms with Crippen LogP contribution in [0.5, 0.6) is 0 Å². The van der Waals surface area contributed by atoms with Gasteiger partial charge in [-0.25, -0.2) is 0 Å². The minimum atomic E-state index is -0.0209. The Labute approximate surface area is 130 Å². The lowest BCUT2D eigenvalue weighted by Crippen LogP contribution is -2.11. The maximum absolute atomic E-state index is 4.19. The molecule has 0 unspecified atom stereocenters. The molecule has 0 fully saturated rings. The standard InChI is InChI=1S/C21H27/c1-20(2,3)18-11-7-16(8-12-18)15-17-9-13-19(14-10-17)21(4,5)6/h7-14H,1,15H2,2-6H3/q+1. The summed E-state index contributed by atoms with van der Waals surface area (Å²) in [5.41, 5.74) is 5.60. The number of benzene rings is 2. The van der Waals surface area contributed by atoms with Gasteiger partial charge in [0.05, 0.1) is 6.92 Å². The molecule has 2 aromatic carbocycles. The maximum atomic E-state index is 4.19. The Balaban J connectivity index is 2.12. The summed E-state index contributed by atoms with van der Waals surface area (Å²) in [6.07, 6.45) is 0.988. The van der Waals surface area contributed by atoms with E-state index >= 15 is 0 Å². The second-order valence-corrected chi connectivity index (χ2v) is 7.70. The monoisotopic (exact) mass is 279 g/mol. The highest BCUT2D eigenvalue weighted by atomic mass is 14.2. The van der Waals surface area contributed by atoms with E-state index in [0.717, 1.165) is 6.42 Å². The predicted octanol–water partition coefficient (Wildman–Crippen LogP) is 5.69. The third-order valence-corrected chi connectivity index (χ3v) is 3.96. The minimum absolute atomic E-state index is 0.0209. The van der Waals surface area contributed by atoms with Gasteiger partial charge in [-0.3, -0.25) is 0 Å². The molecule has 0 bridgehead atoms. The predicted molar refractivity (Wildman–Crippen MR) is 92.8 cm³/mol. The van der Waals surface area contributed by atoms with Crippen molar-refractivity contribution in [2.45, 2.75) is 51.9 Å². The van der Waals surface area contributed by atoms with Gasteiger partial charge in [-0.2, -0.15) is 0 Å². The average Bonchev–Trinajstić information content (AvgIpc) is 2.38. The number of hydrogen-bond donors (Lipinski definition) is 0. The summed E-state index contributed by atoms with van der Waals surface area (Å²) in [7, 11) is 0. The van der Waals surface area contributed by atoms with Crippen LogP contribution in [-0.4, -0.2) is 0 Å². The van der Waals surface area contributed by atoms with Crippen LogP contribution in [0.15, 0.2) is 48.5 Å². The molecule has 0 aromatic heterocycles. The minimum Gasteiger partial charge on any atom is -0.0584 e. The third kappa shape index (κ3) is 4.14. The summed E-state index contributed by atoms with van der Waals surface area (Å²) >= 11 is 0. The highest BCUT2D eigenvalue weighted by Crippen LogP contribution is 2.24. The topological polar surface area (TPSA) is 0 Å². The Hall–Kier alpha value is -1.69. The average molecular weight is 279 g/mol. The molecule has 110 valence electrons. The highest BCUT2D eigenvalue weighted by molar-refractivity contribution is 5.34. The van der Waals surface area contributed by atoms with Crippen molar-refractivity contribution in [2.24, 2.45) is 0 Å². The van der Waals surface area contributed by atoms with Crippen LogP contribution < -0.4 is 0 Å². The van der Waals surface area contributed by atoms with Crippen molar-refractivity contribution in [1.29, 1.82) is 0 Å². The van der Waals surface area contributed by atoms with E-state index in [0.29, 0.717) is 0 Å². The Morgan fingerprint density at radius 2 is 1.05 bits per heavy atom. The number of rotatable bonds is 3. The molecule has 0 aliphatic carbocycles. The second kappa shape index (κ2) is 5.60. The van der Waals surface area contributed by atoms with E-state index in [4.69, 9.17) is 0 Å². The van der Waals surface area contributed by atoms with Crippen molar-refractivity contribution < 1.29 is 0 Å². The normalized spacial score (nSPS) is 12.4. The molecule has 0 heterocycles. The molecule has 0 heteroatoms. The molecule has 2 rings (SSSR count). The number of hydrogen-bond acceptors (Lipinski definition) is 0. The quantitative estimate of drug-likeness (QED) is 0.633. The molecular formula is C21H27+. The molecule has 0 saturated heterocycles. The van der Waals surface area contributed by atoms with Crippen molar-refractivity contribution >= 4 is 0 Å². The van der Waals surface area contributed by atoms with Crippen molar-refractivity contribution in [3.05, 3.63) is 77.7 Å². The molecule has 0 spiro atoms. The van der Waals surface area contributed by atoms with Crippen LogP contribution in [0, 0.1) is 6.92 Å². The van der Waals surface area contributed by atoms with Crippen LogP contribution in [0.3, 0.4) is 0 Å². The molecule has 0 atom stereocenters. The summed E-state index contributed by atoms with van der Waals surface area (Å²) in [5.74, 6) is 0. The zero-order valence-electron chi connectivity index (χ0n) is 14.0. The molecule has 0 N–H and O–H groups in total. The molecule has 0 amide bonds. The third-order valence-electron chi connectivity index (χ3n) is 3.96. The SMILES string of the molecule is [CH2+]C(C)(C)c1ccc(Cc2ccc(C(C)(C)C)cc2)cc1. The first-order valence-electron chi connectivity index (χ1n) is 7.70. The van der Waals surface area contributed by atoms with Crippen molar-refractivity contribution in [3.63, 3.8) is 0 Å². The van der Waals surface area contributed by atoms with E-state index < -0.39 is 0 Å². The Bertz CT molecular complexity index is 516. The van der Waals surface area contributed by atoms with Gasteiger partial charge in [-0.15, -0.1) is 0 Å². The van der Waals surface area contributed by atoms with Crippen LogP contribution >= 0.6 is 0 Å². The van der Waals surface area contributed by atoms with Gasteiger partial charge in [0.25, 0.3) is 0 Å². The molecule has 0 nitrogen and oxygen atoms in total. The van der Waals surface area contributed by atoms with Gasteiger partial charge >= 0.3 is 0 Å². The smallest absolute Gasteiger partial charge is 0.0584 e. The lowest BCUT2D eigenvalue weighted by Gasteiger charge is -2.19. The summed E-state index contributed by atoms with van der Waals surface area (Å²) in [5, 5.41) is 0. The summed E-state index contributed by atoms with van der Waals surface area (Å²) in [4.78, 5) is 0. The zero-order chi connectivity index (χ0) is 15.7. The van der Waals surface area contributed by atoms with E-state index in [1.807, 2.05) is 0 Å². The van der Waals surface area contributed by atoms with Crippen LogP contribution in [-0.2, 0) is 17.3 Å². The molecule has 0 aliphatic heterocycles. The van der Waals surface area contributed by atoms with Gasteiger partial charge in [-0.1, -0.05) is 69.3 Å². The van der Waals surface area contributed by atoms with Gasteiger partial charge in [-0.05, 0) is 42.4 Å². The zero-order valence-corrected chi connectivity index (χ0v) is 14.0. The van der Waals surface area contributed by atoms with E-state index in [1.54, 1.807) is 0 Å². The maximum Gasteiger partial charge on any atom is 0.125 e. The van der Waals surface area contributed by atoms with Crippen molar-refractivity contribution in [1.82, 2.24) is 0 Å². The fourth-order valence-corrected chi connectivity index (χ4v) is 2.43. The molecule has 0 radical (unpaired) electrons. The van der Waals surface area contributed by atoms with E-state index in [2.05, 4.69) is 90.1 Å². The lowest BCUT2D eigenvalue weighted by molar-refractivity contribution is 0.590. The molecule has 2 aromatic rings. The first-order chi connectivity index (χ1) is 9.66. The summed E-state index contributed by atoms with van der Waals surface area (Å²) in [6, 6.07) is 17.8. The van der Waals surface area contributed by atoms with Crippen molar-refractivity contribution in [2.75, 3.05) is 0 Å². The summed E-state index contributed by atoms with van der Waals surface area (Å²) in [6.45, 7) is 15.2. The summed E-state index contributed by atoms with van der Waals surface area (Å²) < 4.78 is 0. The van der Waals surface area contributed by atoms with Crippen LogP contribution in [0.25, 0.3) is 0 Å². The van der Waals surface area contributed by atoms with Crippen LogP contribution in [0.1, 0.15) is 56.9 Å². The first kappa shape index (κ1) is 15.7. The van der Waals surface area contributed by atoms with Gasteiger partial charge in [0.15, 0.2) is 0 Å². The first-order valence-corrected chi connectivity index (χ1v) is 7.70. The van der Waals surface area contributed by atoms with Gasteiger partial charge in [0, 0.05) is 5.56 Å². The fourth-order valence-electron chi connectivity index (χ4n) is 2.43. The van der Waals surface area contributed by atoms with Crippen LogP contribution in [0.2, 0.25) is 0 Å². The largest absolute Gasteiger partial charge is 0.125 e. The highest BCUT2D eigenvalue weighted by Gasteiger charge is 2.20. The van der Waals surface area contributed by atoms with Crippen molar-refractivity contribution in [3.8, 4) is 0 Å². The van der Waals surface area contributed by atoms with E-state index in [1.165, 1.54) is 22.3 Å². The van der Waals surface area contributed by atoms with Gasteiger partial charge < -0.3 is 0 Å². The molecule has 0 saturated carbocycles.